The van der Waals surface area contributed by atoms with E-state index in [4.69, 9.17) is 4.74 Å². The zero-order valence-corrected chi connectivity index (χ0v) is 7.52. The number of ether oxygens (including phenoxy) is 1. The van der Waals surface area contributed by atoms with Crippen LogP contribution < -0.4 is 0 Å². The maximum atomic E-state index is 10.9. The molecule has 0 aliphatic heterocycles. The molecule has 0 amide bonds. The minimum atomic E-state index is 0.171. The van der Waals surface area contributed by atoms with Crippen molar-refractivity contribution in [3.8, 4) is 0 Å². The van der Waals surface area contributed by atoms with Crippen LogP contribution in [0.4, 0.5) is 0 Å². The summed E-state index contributed by atoms with van der Waals surface area (Å²) in [5.41, 5.74) is 1.26. The van der Waals surface area contributed by atoms with Gasteiger partial charge in [-0.15, -0.1) is 0 Å². The molecule has 0 radical (unpaired) electrons. The quantitative estimate of drug-likeness (QED) is 0.569. The van der Waals surface area contributed by atoms with E-state index in [-0.39, 0.29) is 12.4 Å². The van der Waals surface area contributed by atoms with Gasteiger partial charge in [0.15, 0.2) is 5.78 Å². The second kappa shape index (κ2) is 6.10. The average molecular weight is 156 g/mol. The van der Waals surface area contributed by atoms with Crippen molar-refractivity contribution < 1.29 is 9.53 Å². The van der Waals surface area contributed by atoms with Gasteiger partial charge in [-0.1, -0.05) is 11.6 Å². The predicted octanol–water partition coefficient (Wildman–Crippen LogP) is 1.95. The SMILES string of the molecule is COCC(=O)CCC=C(C)C. The van der Waals surface area contributed by atoms with Crippen molar-refractivity contribution in [2.45, 2.75) is 26.7 Å². The summed E-state index contributed by atoms with van der Waals surface area (Å²) in [7, 11) is 1.54. The van der Waals surface area contributed by atoms with Gasteiger partial charge in [0.05, 0.1) is 0 Å². The molecule has 0 spiro atoms. The average Bonchev–Trinajstić information content (AvgIpc) is 1.87. The Hall–Kier alpha value is -0.630. The van der Waals surface area contributed by atoms with Crippen molar-refractivity contribution in [2.75, 3.05) is 13.7 Å². The molecule has 0 aromatic heterocycles. The summed E-state index contributed by atoms with van der Waals surface area (Å²) in [5.74, 6) is 0.171. The van der Waals surface area contributed by atoms with Crippen LogP contribution in [0, 0.1) is 0 Å². The number of hydrogen-bond donors (Lipinski definition) is 0. The van der Waals surface area contributed by atoms with Crippen LogP contribution >= 0.6 is 0 Å². The Bertz CT molecular complexity index is 144. The Morgan fingerprint density at radius 3 is 2.55 bits per heavy atom. The Kier molecular flexibility index (Phi) is 5.75. The van der Waals surface area contributed by atoms with Crippen LogP contribution in [0.15, 0.2) is 11.6 Å². The van der Waals surface area contributed by atoms with Crippen LogP contribution in [-0.2, 0) is 9.53 Å². The molecule has 0 aliphatic rings. The third-order valence-corrected chi connectivity index (χ3v) is 1.28. The van der Waals surface area contributed by atoms with E-state index in [0.29, 0.717) is 6.42 Å². The van der Waals surface area contributed by atoms with E-state index in [2.05, 4.69) is 6.08 Å². The van der Waals surface area contributed by atoms with Gasteiger partial charge in [0.1, 0.15) is 6.61 Å². The van der Waals surface area contributed by atoms with E-state index < -0.39 is 0 Å². The van der Waals surface area contributed by atoms with Gasteiger partial charge in [0.2, 0.25) is 0 Å². The van der Waals surface area contributed by atoms with Crippen molar-refractivity contribution in [3.05, 3.63) is 11.6 Å². The van der Waals surface area contributed by atoms with Gasteiger partial charge in [0.25, 0.3) is 0 Å². The number of carbonyl (C=O) groups is 1. The number of allylic oxidation sites excluding steroid dienone is 2. The van der Waals surface area contributed by atoms with Crippen LogP contribution in [0.3, 0.4) is 0 Å². The highest BCUT2D eigenvalue weighted by Gasteiger charge is 1.97. The van der Waals surface area contributed by atoms with Gasteiger partial charge >= 0.3 is 0 Å². The standard InChI is InChI=1S/C9H16O2/c1-8(2)5-4-6-9(10)7-11-3/h5H,4,6-7H2,1-3H3. The summed E-state index contributed by atoms with van der Waals surface area (Å²) in [5, 5.41) is 0. The summed E-state index contributed by atoms with van der Waals surface area (Å²) in [6.45, 7) is 4.30. The van der Waals surface area contributed by atoms with Gasteiger partial charge in [-0.05, 0) is 20.3 Å². The van der Waals surface area contributed by atoms with E-state index in [0.717, 1.165) is 6.42 Å². The highest BCUT2D eigenvalue weighted by atomic mass is 16.5. The minimum absolute atomic E-state index is 0.171. The van der Waals surface area contributed by atoms with Crippen LogP contribution in [0.25, 0.3) is 0 Å². The lowest BCUT2D eigenvalue weighted by molar-refractivity contribution is -0.122. The number of methoxy groups -OCH3 is 1. The normalized spacial score (nSPS) is 9.36. The molecule has 0 saturated heterocycles. The molecule has 11 heavy (non-hydrogen) atoms. The third-order valence-electron chi connectivity index (χ3n) is 1.28. The molecule has 0 N–H and O–H groups in total. The first-order valence-corrected chi connectivity index (χ1v) is 3.81. The van der Waals surface area contributed by atoms with Crippen molar-refractivity contribution in [3.63, 3.8) is 0 Å². The molecular weight excluding hydrogens is 140 g/mol. The summed E-state index contributed by atoms with van der Waals surface area (Å²) >= 11 is 0. The third kappa shape index (κ3) is 7.26. The van der Waals surface area contributed by atoms with Gasteiger partial charge in [-0.25, -0.2) is 0 Å². The first kappa shape index (κ1) is 10.4. The highest BCUT2D eigenvalue weighted by Crippen LogP contribution is 1.97. The van der Waals surface area contributed by atoms with Gasteiger partial charge in [-0.2, -0.15) is 0 Å². The minimum Gasteiger partial charge on any atom is -0.377 e. The fourth-order valence-electron chi connectivity index (χ4n) is 0.755. The lowest BCUT2D eigenvalue weighted by Gasteiger charge is -1.95. The van der Waals surface area contributed by atoms with E-state index in [1.807, 2.05) is 13.8 Å². The molecular formula is C9H16O2. The molecule has 0 heterocycles. The predicted molar refractivity (Wildman–Crippen MR) is 45.5 cm³/mol. The summed E-state index contributed by atoms with van der Waals surface area (Å²) in [6, 6.07) is 0. The number of ketones is 1. The van der Waals surface area contributed by atoms with E-state index in [1.165, 1.54) is 5.57 Å². The van der Waals surface area contributed by atoms with Gasteiger partial charge < -0.3 is 4.74 Å². The molecule has 0 aromatic carbocycles. The zero-order chi connectivity index (χ0) is 8.69. The molecule has 2 heteroatoms. The molecule has 0 aliphatic carbocycles. The highest BCUT2D eigenvalue weighted by molar-refractivity contribution is 5.79. The van der Waals surface area contributed by atoms with Crippen molar-refractivity contribution in [1.29, 1.82) is 0 Å². The number of rotatable bonds is 5. The van der Waals surface area contributed by atoms with Crippen molar-refractivity contribution in [1.82, 2.24) is 0 Å². The maximum Gasteiger partial charge on any atom is 0.158 e. The Balaban J connectivity index is 3.39. The number of carbonyl (C=O) groups excluding carboxylic acids is 1. The second-order valence-corrected chi connectivity index (χ2v) is 2.79. The Labute approximate surface area is 68.2 Å². The summed E-state index contributed by atoms with van der Waals surface area (Å²) in [6.07, 6.45) is 3.50. The topological polar surface area (TPSA) is 26.3 Å². The molecule has 0 saturated carbocycles. The molecule has 64 valence electrons. The van der Waals surface area contributed by atoms with Crippen molar-refractivity contribution >= 4 is 5.78 Å². The van der Waals surface area contributed by atoms with Crippen LogP contribution in [0.5, 0.6) is 0 Å². The molecule has 0 rings (SSSR count). The Morgan fingerprint density at radius 2 is 2.09 bits per heavy atom. The maximum absolute atomic E-state index is 10.9. The Morgan fingerprint density at radius 1 is 1.45 bits per heavy atom. The number of hydrogen-bond acceptors (Lipinski definition) is 2. The monoisotopic (exact) mass is 156 g/mol. The van der Waals surface area contributed by atoms with Crippen LogP contribution in [0.2, 0.25) is 0 Å². The van der Waals surface area contributed by atoms with E-state index in [1.54, 1.807) is 7.11 Å². The first-order chi connectivity index (χ1) is 5.16. The van der Waals surface area contributed by atoms with Crippen LogP contribution in [0.1, 0.15) is 26.7 Å². The smallest absolute Gasteiger partial charge is 0.158 e. The molecule has 2 nitrogen and oxygen atoms in total. The lowest BCUT2D eigenvalue weighted by Crippen LogP contribution is -2.05. The summed E-state index contributed by atoms with van der Waals surface area (Å²) in [4.78, 5) is 10.9. The van der Waals surface area contributed by atoms with Crippen LogP contribution in [-0.4, -0.2) is 19.5 Å². The first-order valence-electron chi connectivity index (χ1n) is 3.81. The van der Waals surface area contributed by atoms with Gasteiger partial charge in [-0.3, -0.25) is 4.79 Å². The van der Waals surface area contributed by atoms with E-state index in [9.17, 15) is 4.79 Å². The van der Waals surface area contributed by atoms with E-state index >= 15 is 0 Å². The zero-order valence-electron chi connectivity index (χ0n) is 7.52. The fraction of sp³-hybridized carbons (Fsp3) is 0.667. The van der Waals surface area contributed by atoms with Crippen molar-refractivity contribution in [2.24, 2.45) is 0 Å². The molecule has 0 fully saturated rings. The second-order valence-electron chi connectivity index (χ2n) is 2.79. The largest absolute Gasteiger partial charge is 0.377 e. The summed E-state index contributed by atoms with van der Waals surface area (Å²) < 4.78 is 4.69. The molecule has 0 bridgehead atoms. The molecule has 0 atom stereocenters. The molecule has 0 unspecified atom stereocenters. The molecule has 0 aromatic rings. The van der Waals surface area contributed by atoms with Gasteiger partial charge in [0, 0.05) is 13.5 Å². The fourth-order valence-corrected chi connectivity index (χ4v) is 0.755. The lowest BCUT2D eigenvalue weighted by atomic mass is 10.2. The number of Topliss-reactive ketones (excluding diaryl/α,β-unsaturated/α-hetero) is 1.